The second-order valence-corrected chi connectivity index (χ2v) is 7.02. The summed E-state index contributed by atoms with van der Waals surface area (Å²) in [6.07, 6.45) is 1.85. The standard InChI is InChI=1S/C16H17N3OS2.ClH/c17-9-3-4-10-18-15(20)13-7-8-14(21-13)16-19-11-5-1-2-6-12(11)22-16;/h1-2,5-8H,3-4,9-10,17H2,(H,18,20);1H. The van der Waals surface area contributed by atoms with Crippen molar-refractivity contribution >= 4 is 51.2 Å². The lowest BCUT2D eigenvalue weighted by molar-refractivity contribution is 0.0957. The summed E-state index contributed by atoms with van der Waals surface area (Å²) in [6.45, 7) is 1.33. The number of nitrogens with zero attached hydrogens (tertiary/aromatic N) is 1. The molecule has 3 aromatic rings. The summed E-state index contributed by atoms with van der Waals surface area (Å²) in [5.41, 5.74) is 6.44. The van der Waals surface area contributed by atoms with Crippen LogP contribution in [0, 0.1) is 0 Å². The first kappa shape index (κ1) is 17.9. The summed E-state index contributed by atoms with van der Waals surface area (Å²) in [7, 11) is 0. The minimum absolute atomic E-state index is 0. The van der Waals surface area contributed by atoms with E-state index in [1.807, 2.05) is 30.3 Å². The first-order valence-electron chi connectivity index (χ1n) is 7.22. The third kappa shape index (κ3) is 4.29. The Hall–Kier alpha value is -1.47. The maximum absolute atomic E-state index is 12.1. The van der Waals surface area contributed by atoms with E-state index in [-0.39, 0.29) is 18.3 Å². The molecule has 7 heteroatoms. The average molecular weight is 368 g/mol. The highest BCUT2D eigenvalue weighted by Crippen LogP contribution is 2.34. The van der Waals surface area contributed by atoms with Gasteiger partial charge in [-0.3, -0.25) is 4.79 Å². The first-order chi connectivity index (χ1) is 10.8. The summed E-state index contributed by atoms with van der Waals surface area (Å²) in [5, 5.41) is 3.89. The van der Waals surface area contributed by atoms with Crippen molar-refractivity contribution < 1.29 is 4.79 Å². The fourth-order valence-corrected chi connectivity index (χ4v) is 4.05. The van der Waals surface area contributed by atoms with Crippen LogP contribution in [0.4, 0.5) is 0 Å². The number of unbranched alkanes of at least 4 members (excludes halogenated alkanes) is 1. The largest absolute Gasteiger partial charge is 0.351 e. The lowest BCUT2D eigenvalue weighted by Gasteiger charge is -2.01. The van der Waals surface area contributed by atoms with E-state index in [1.165, 1.54) is 16.0 Å². The number of carbonyl (C=O) groups is 1. The highest BCUT2D eigenvalue weighted by molar-refractivity contribution is 7.26. The number of aromatic nitrogens is 1. The van der Waals surface area contributed by atoms with Crippen LogP contribution in [0.5, 0.6) is 0 Å². The maximum Gasteiger partial charge on any atom is 0.261 e. The molecule has 0 aliphatic rings. The summed E-state index contributed by atoms with van der Waals surface area (Å²) >= 11 is 3.14. The van der Waals surface area contributed by atoms with Crippen molar-refractivity contribution in [2.75, 3.05) is 13.1 Å². The van der Waals surface area contributed by atoms with E-state index in [9.17, 15) is 4.79 Å². The van der Waals surface area contributed by atoms with Crippen molar-refractivity contribution in [1.29, 1.82) is 0 Å². The van der Waals surface area contributed by atoms with Gasteiger partial charge in [0.05, 0.1) is 20.0 Å². The molecule has 0 spiro atoms. The van der Waals surface area contributed by atoms with Gasteiger partial charge in [-0.1, -0.05) is 12.1 Å². The number of para-hydroxylation sites is 1. The van der Waals surface area contributed by atoms with Crippen LogP contribution in [0.2, 0.25) is 0 Å². The quantitative estimate of drug-likeness (QED) is 0.649. The predicted molar refractivity (Wildman–Crippen MR) is 101 cm³/mol. The summed E-state index contributed by atoms with van der Waals surface area (Å²) in [5.74, 6) is -0.0191. The zero-order valence-electron chi connectivity index (χ0n) is 12.5. The zero-order chi connectivity index (χ0) is 15.4. The van der Waals surface area contributed by atoms with Gasteiger partial charge in [0.2, 0.25) is 0 Å². The molecule has 0 aliphatic heterocycles. The monoisotopic (exact) mass is 367 g/mol. The van der Waals surface area contributed by atoms with Crippen molar-refractivity contribution in [1.82, 2.24) is 10.3 Å². The van der Waals surface area contributed by atoms with Crippen LogP contribution in [-0.4, -0.2) is 24.0 Å². The lowest BCUT2D eigenvalue weighted by atomic mass is 10.3. The Balaban J connectivity index is 0.00000192. The van der Waals surface area contributed by atoms with E-state index in [2.05, 4.69) is 16.4 Å². The Morgan fingerprint density at radius 3 is 2.74 bits per heavy atom. The van der Waals surface area contributed by atoms with Crippen LogP contribution in [0.1, 0.15) is 22.5 Å². The third-order valence-electron chi connectivity index (χ3n) is 3.25. The molecule has 3 rings (SSSR count). The molecule has 0 aliphatic carbocycles. The van der Waals surface area contributed by atoms with Gasteiger partial charge in [0, 0.05) is 6.54 Å². The highest BCUT2D eigenvalue weighted by atomic mass is 35.5. The maximum atomic E-state index is 12.1. The Bertz CT molecular complexity index is 751. The van der Waals surface area contributed by atoms with Gasteiger partial charge >= 0.3 is 0 Å². The number of amides is 1. The number of thiophene rings is 1. The predicted octanol–water partition coefficient (Wildman–Crippen LogP) is 3.92. The number of benzene rings is 1. The Labute approximate surface area is 149 Å². The van der Waals surface area contributed by atoms with Crippen LogP contribution in [0.15, 0.2) is 36.4 Å². The number of nitrogens with one attached hydrogen (secondary N) is 1. The molecule has 23 heavy (non-hydrogen) atoms. The van der Waals surface area contributed by atoms with Crippen molar-refractivity contribution in [2.24, 2.45) is 5.73 Å². The van der Waals surface area contributed by atoms with Gasteiger partial charge in [-0.15, -0.1) is 35.1 Å². The molecule has 0 radical (unpaired) electrons. The molecule has 0 saturated heterocycles. The Morgan fingerprint density at radius 1 is 1.13 bits per heavy atom. The van der Waals surface area contributed by atoms with Gasteiger partial charge < -0.3 is 11.1 Å². The molecule has 0 saturated carbocycles. The second-order valence-electron chi connectivity index (χ2n) is 4.90. The van der Waals surface area contributed by atoms with Gasteiger partial charge in [-0.2, -0.15) is 0 Å². The van der Waals surface area contributed by atoms with E-state index >= 15 is 0 Å². The second kappa shape index (κ2) is 8.40. The number of thiazole rings is 1. The van der Waals surface area contributed by atoms with E-state index in [1.54, 1.807) is 11.3 Å². The summed E-state index contributed by atoms with van der Waals surface area (Å²) in [6, 6.07) is 11.9. The van der Waals surface area contributed by atoms with Crippen molar-refractivity contribution in [3.05, 3.63) is 41.3 Å². The molecule has 0 atom stereocenters. The lowest BCUT2D eigenvalue weighted by Crippen LogP contribution is -2.23. The summed E-state index contributed by atoms with van der Waals surface area (Å²) < 4.78 is 1.17. The van der Waals surface area contributed by atoms with Crippen LogP contribution >= 0.6 is 35.1 Å². The average Bonchev–Trinajstić information content (AvgIpc) is 3.17. The molecule has 122 valence electrons. The Morgan fingerprint density at radius 2 is 1.96 bits per heavy atom. The number of hydrogen-bond acceptors (Lipinski definition) is 5. The molecule has 3 N–H and O–H groups in total. The van der Waals surface area contributed by atoms with Crippen LogP contribution in [0.25, 0.3) is 20.1 Å². The van der Waals surface area contributed by atoms with E-state index in [0.29, 0.717) is 13.1 Å². The molecule has 0 unspecified atom stereocenters. The van der Waals surface area contributed by atoms with Crippen molar-refractivity contribution in [2.45, 2.75) is 12.8 Å². The van der Waals surface area contributed by atoms with Crippen molar-refractivity contribution in [3.8, 4) is 9.88 Å². The SMILES string of the molecule is Cl.NCCCCNC(=O)c1ccc(-c2nc3ccccc3s2)s1. The molecule has 4 nitrogen and oxygen atoms in total. The molecule has 1 amide bonds. The van der Waals surface area contributed by atoms with Gasteiger partial charge in [-0.05, 0) is 43.7 Å². The molecule has 2 aromatic heterocycles. The summed E-state index contributed by atoms with van der Waals surface area (Å²) in [4.78, 5) is 18.5. The fourth-order valence-electron chi connectivity index (χ4n) is 2.11. The fraction of sp³-hybridized carbons (Fsp3) is 0.250. The number of fused-ring (bicyclic) bond motifs is 1. The van der Waals surface area contributed by atoms with Gasteiger partial charge in [0.25, 0.3) is 5.91 Å². The van der Waals surface area contributed by atoms with Crippen molar-refractivity contribution in [3.63, 3.8) is 0 Å². The minimum Gasteiger partial charge on any atom is -0.351 e. The third-order valence-corrected chi connectivity index (χ3v) is 5.54. The van der Waals surface area contributed by atoms with Gasteiger partial charge in [0.1, 0.15) is 5.01 Å². The minimum atomic E-state index is -0.0191. The topological polar surface area (TPSA) is 68.0 Å². The number of halogens is 1. The number of rotatable bonds is 6. The molecule has 0 bridgehead atoms. The van der Waals surface area contributed by atoms with E-state index < -0.39 is 0 Å². The van der Waals surface area contributed by atoms with E-state index in [0.717, 1.165) is 33.1 Å². The van der Waals surface area contributed by atoms with Gasteiger partial charge in [-0.25, -0.2) is 4.98 Å². The smallest absolute Gasteiger partial charge is 0.261 e. The number of carbonyl (C=O) groups excluding carboxylic acids is 1. The number of hydrogen-bond donors (Lipinski definition) is 2. The van der Waals surface area contributed by atoms with Crippen LogP contribution in [-0.2, 0) is 0 Å². The molecule has 2 heterocycles. The normalized spacial score (nSPS) is 10.5. The first-order valence-corrected chi connectivity index (χ1v) is 8.85. The van der Waals surface area contributed by atoms with Crippen LogP contribution in [0.3, 0.4) is 0 Å². The molecular weight excluding hydrogens is 350 g/mol. The number of nitrogens with two attached hydrogens (primary N) is 1. The Kier molecular flexibility index (Phi) is 6.53. The van der Waals surface area contributed by atoms with E-state index in [4.69, 9.17) is 5.73 Å². The van der Waals surface area contributed by atoms with Crippen LogP contribution < -0.4 is 11.1 Å². The molecule has 0 fully saturated rings. The molecular formula is C16H18ClN3OS2. The van der Waals surface area contributed by atoms with Gasteiger partial charge in [0.15, 0.2) is 0 Å². The highest BCUT2D eigenvalue weighted by Gasteiger charge is 2.12. The molecule has 1 aromatic carbocycles. The zero-order valence-corrected chi connectivity index (χ0v) is 14.9.